The minimum Gasteiger partial charge on any atom is -0.390 e. The third kappa shape index (κ3) is 3.52. The molecule has 1 aliphatic heterocycles. The van der Waals surface area contributed by atoms with Crippen molar-refractivity contribution in [1.82, 2.24) is 0 Å². The molecule has 9 nitrogen and oxygen atoms in total. The minimum absolute atomic E-state index is 0.126. The first-order valence-electron chi connectivity index (χ1n) is 7.17. The maximum Gasteiger partial charge on any atom is 0.173 e. The van der Waals surface area contributed by atoms with Crippen LogP contribution in [0.15, 0.2) is 0 Å². The van der Waals surface area contributed by atoms with E-state index in [0.29, 0.717) is 6.42 Å². The van der Waals surface area contributed by atoms with E-state index in [9.17, 15) is 15.3 Å². The Bertz CT molecular complexity index is 350. The Morgan fingerprint density at radius 3 is 2.24 bits per heavy atom. The first kappa shape index (κ1) is 17.0. The summed E-state index contributed by atoms with van der Waals surface area (Å²) >= 11 is 0. The molecule has 0 spiro atoms. The van der Waals surface area contributed by atoms with Crippen LogP contribution < -0.4 is 22.9 Å². The zero-order valence-electron chi connectivity index (χ0n) is 11.8. The van der Waals surface area contributed by atoms with Crippen molar-refractivity contribution >= 4 is 0 Å². The van der Waals surface area contributed by atoms with Gasteiger partial charge in [-0.3, -0.25) is 0 Å². The zero-order valence-corrected chi connectivity index (χ0v) is 11.8. The molecular weight excluding hydrogens is 280 g/mol. The van der Waals surface area contributed by atoms with E-state index in [-0.39, 0.29) is 13.0 Å². The highest BCUT2D eigenvalue weighted by Gasteiger charge is 2.45. The van der Waals surface area contributed by atoms with E-state index in [1.807, 2.05) is 0 Å². The molecule has 1 saturated heterocycles. The summed E-state index contributed by atoms with van der Waals surface area (Å²) in [6.07, 6.45) is -4.79. The summed E-state index contributed by atoms with van der Waals surface area (Å²) in [4.78, 5) is 0. The fourth-order valence-corrected chi connectivity index (χ4v) is 2.88. The topological polar surface area (TPSA) is 183 Å². The van der Waals surface area contributed by atoms with Gasteiger partial charge in [-0.25, -0.2) is 0 Å². The van der Waals surface area contributed by atoms with Crippen LogP contribution in [0.4, 0.5) is 0 Å². The van der Waals surface area contributed by atoms with Gasteiger partial charge < -0.3 is 47.7 Å². The molecule has 124 valence electrons. The fourth-order valence-electron chi connectivity index (χ4n) is 2.88. The van der Waals surface area contributed by atoms with Crippen molar-refractivity contribution < 1.29 is 24.8 Å². The van der Waals surface area contributed by atoms with Crippen molar-refractivity contribution in [3.8, 4) is 0 Å². The first-order valence-corrected chi connectivity index (χ1v) is 7.17. The highest BCUT2D eigenvalue weighted by molar-refractivity contribution is 4.98. The second-order valence-corrected chi connectivity index (χ2v) is 5.89. The number of hydrogen-bond donors (Lipinski definition) is 7. The summed E-state index contributed by atoms with van der Waals surface area (Å²) in [5.74, 6) is 0. The average molecular weight is 306 g/mol. The third-order valence-corrected chi connectivity index (χ3v) is 4.22. The van der Waals surface area contributed by atoms with Crippen molar-refractivity contribution in [3.63, 3.8) is 0 Å². The Hall–Kier alpha value is -0.360. The molecule has 0 radical (unpaired) electrons. The summed E-state index contributed by atoms with van der Waals surface area (Å²) in [5, 5.41) is 29.7. The van der Waals surface area contributed by atoms with Gasteiger partial charge in [0.2, 0.25) is 0 Å². The molecule has 0 aromatic rings. The van der Waals surface area contributed by atoms with Crippen molar-refractivity contribution in [2.45, 2.75) is 67.8 Å². The maximum absolute atomic E-state index is 10.1. The van der Waals surface area contributed by atoms with Gasteiger partial charge in [-0.15, -0.1) is 0 Å². The molecule has 0 amide bonds. The van der Waals surface area contributed by atoms with Gasteiger partial charge in [-0.2, -0.15) is 0 Å². The molecule has 1 saturated carbocycles. The van der Waals surface area contributed by atoms with Crippen molar-refractivity contribution in [2.24, 2.45) is 22.9 Å². The Labute approximate surface area is 123 Å². The largest absolute Gasteiger partial charge is 0.390 e. The molecule has 1 aliphatic carbocycles. The number of aliphatic hydroxyl groups is 3. The molecule has 0 aromatic carbocycles. The lowest BCUT2D eigenvalue weighted by Crippen LogP contribution is -2.64. The quantitative estimate of drug-likeness (QED) is 0.272. The van der Waals surface area contributed by atoms with Gasteiger partial charge in [0.25, 0.3) is 0 Å². The molecule has 11 N–H and O–H groups in total. The smallest absolute Gasteiger partial charge is 0.173 e. The normalized spacial score (nSPS) is 51.9. The van der Waals surface area contributed by atoms with Crippen LogP contribution in [0.5, 0.6) is 0 Å². The van der Waals surface area contributed by atoms with Gasteiger partial charge in [-0.1, -0.05) is 0 Å². The number of hydrogen-bond acceptors (Lipinski definition) is 9. The van der Waals surface area contributed by atoms with Crippen LogP contribution in [0, 0.1) is 0 Å². The molecule has 2 rings (SSSR count). The van der Waals surface area contributed by atoms with Gasteiger partial charge in [0.05, 0.1) is 24.4 Å². The number of rotatable bonds is 3. The van der Waals surface area contributed by atoms with Gasteiger partial charge in [0.15, 0.2) is 6.29 Å². The lowest BCUT2D eigenvalue weighted by Gasteiger charge is -2.44. The van der Waals surface area contributed by atoms with E-state index in [1.165, 1.54) is 0 Å². The molecule has 21 heavy (non-hydrogen) atoms. The van der Waals surface area contributed by atoms with Crippen LogP contribution in [-0.2, 0) is 9.47 Å². The van der Waals surface area contributed by atoms with Crippen LogP contribution in [0.25, 0.3) is 0 Å². The first-order chi connectivity index (χ1) is 9.85. The lowest BCUT2D eigenvalue weighted by molar-refractivity contribution is -0.268. The minimum atomic E-state index is -1.22. The van der Waals surface area contributed by atoms with Crippen molar-refractivity contribution in [1.29, 1.82) is 0 Å². The van der Waals surface area contributed by atoms with Gasteiger partial charge in [0.1, 0.15) is 12.2 Å². The Morgan fingerprint density at radius 2 is 1.62 bits per heavy atom. The molecule has 0 bridgehead atoms. The van der Waals surface area contributed by atoms with Crippen LogP contribution in [0.3, 0.4) is 0 Å². The highest BCUT2D eigenvalue weighted by Crippen LogP contribution is 2.26. The summed E-state index contributed by atoms with van der Waals surface area (Å²) in [6.45, 7) is 0.126. The number of ether oxygens (including phenoxy) is 2. The van der Waals surface area contributed by atoms with Gasteiger partial charge >= 0.3 is 0 Å². The predicted octanol–water partition coefficient (Wildman–Crippen LogP) is -4.09. The Morgan fingerprint density at radius 1 is 0.952 bits per heavy atom. The third-order valence-electron chi connectivity index (χ3n) is 4.22. The molecule has 2 aliphatic rings. The Kier molecular flexibility index (Phi) is 5.52. The monoisotopic (exact) mass is 306 g/mol. The van der Waals surface area contributed by atoms with E-state index >= 15 is 0 Å². The van der Waals surface area contributed by atoms with Crippen molar-refractivity contribution in [2.75, 3.05) is 6.54 Å². The second kappa shape index (κ2) is 6.82. The van der Waals surface area contributed by atoms with Crippen LogP contribution in [0.2, 0.25) is 0 Å². The van der Waals surface area contributed by atoms with E-state index < -0.39 is 54.9 Å². The molecule has 0 aromatic heterocycles. The van der Waals surface area contributed by atoms with Crippen LogP contribution in [0.1, 0.15) is 12.8 Å². The zero-order chi connectivity index (χ0) is 15.7. The fraction of sp³-hybridized carbons (Fsp3) is 1.00. The SMILES string of the molecule is NCC1OC(OC2C(N)CC(N)C(O)C2O)C(N)CC1O. The van der Waals surface area contributed by atoms with E-state index in [1.54, 1.807) is 0 Å². The van der Waals surface area contributed by atoms with Gasteiger partial charge in [0, 0.05) is 18.6 Å². The molecule has 9 unspecified atom stereocenters. The second-order valence-electron chi connectivity index (χ2n) is 5.89. The Balaban J connectivity index is 2.02. The standard InChI is InChI=1S/C12H26N4O5/c13-3-8-7(17)2-6(16)12(20-8)21-11-5(15)1-4(14)9(18)10(11)19/h4-12,17-19H,1-3,13-16H2. The molecular formula is C12H26N4O5. The van der Waals surface area contributed by atoms with Crippen LogP contribution in [-0.4, -0.2) is 76.8 Å². The van der Waals surface area contributed by atoms with E-state index in [0.717, 1.165) is 0 Å². The number of nitrogens with two attached hydrogens (primary N) is 4. The summed E-state index contributed by atoms with van der Waals surface area (Å²) < 4.78 is 11.2. The lowest BCUT2D eigenvalue weighted by atomic mass is 9.84. The van der Waals surface area contributed by atoms with E-state index in [2.05, 4.69) is 0 Å². The van der Waals surface area contributed by atoms with Gasteiger partial charge in [-0.05, 0) is 12.8 Å². The number of aliphatic hydroxyl groups excluding tert-OH is 3. The highest BCUT2D eigenvalue weighted by atomic mass is 16.7. The maximum atomic E-state index is 10.1. The average Bonchev–Trinajstić information content (AvgIpc) is 2.43. The summed E-state index contributed by atoms with van der Waals surface area (Å²) in [6, 6.07) is -1.72. The van der Waals surface area contributed by atoms with E-state index in [4.69, 9.17) is 32.4 Å². The summed E-state index contributed by atoms with van der Waals surface area (Å²) in [7, 11) is 0. The molecule has 2 fully saturated rings. The predicted molar refractivity (Wildman–Crippen MR) is 73.8 cm³/mol. The molecule has 1 heterocycles. The van der Waals surface area contributed by atoms with Crippen molar-refractivity contribution in [3.05, 3.63) is 0 Å². The van der Waals surface area contributed by atoms with Crippen LogP contribution >= 0.6 is 0 Å². The molecule has 9 atom stereocenters. The summed E-state index contributed by atoms with van der Waals surface area (Å²) in [5.41, 5.74) is 23.0. The molecule has 9 heteroatoms.